The number of alkyl carbamates (subject to hydrolysis) is 1. The summed E-state index contributed by atoms with van der Waals surface area (Å²) in [5.74, 6) is -0.397. The van der Waals surface area contributed by atoms with E-state index in [1.165, 1.54) is 0 Å². The van der Waals surface area contributed by atoms with Crippen LogP contribution < -0.4 is 11.1 Å². The first-order valence-electron chi connectivity index (χ1n) is 3.44. The van der Waals surface area contributed by atoms with Crippen molar-refractivity contribution in [3.05, 3.63) is 0 Å². The van der Waals surface area contributed by atoms with E-state index in [9.17, 15) is 4.79 Å². The van der Waals surface area contributed by atoms with Crippen molar-refractivity contribution < 1.29 is 9.53 Å². The van der Waals surface area contributed by atoms with Crippen molar-refractivity contribution >= 4 is 12.1 Å². The van der Waals surface area contributed by atoms with E-state index in [1.807, 2.05) is 12.2 Å². The minimum atomic E-state index is -0.661. The van der Waals surface area contributed by atoms with Gasteiger partial charge in [-0.3, -0.25) is 10.7 Å². The second-order valence-corrected chi connectivity index (χ2v) is 2.03. The molecule has 0 saturated heterocycles. The standard InChI is InChI=1S/C6H13N3O2/c1-2-3-4-11-6(10)9-5(7)8/h2-4H2,1H3,(H4,7,8,9,10). The van der Waals surface area contributed by atoms with E-state index in [1.54, 1.807) is 0 Å². The highest BCUT2D eigenvalue weighted by Gasteiger charge is 2.00. The van der Waals surface area contributed by atoms with Crippen LogP contribution in [-0.4, -0.2) is 18.7 Å². The Balaban J connectivity index is 3.30. The molecule has 1 amide bonds. The molecular formula is C6H13N3O2. The molecule has 0 aliphatic heterocycles. The maximum Gasteiger partial charge on any atom is 0.413 e. The van der Waals surface area contributed by atoms with Crippen molar-refractivity contribution in [1.82, 2.24) is 5.32 Å². The van der Waals surface area contributed by atoms with Crippen LogP contribution in [0.4, 0.5) is 4.79 Å². The van der Waals surface area contributed by atoms with Crippen LogP contribution in [-0.2, 0) is 4.74 Å². The van der Waals surface area contributed by atoms with Crippen LogP contribution in [0.2, 0.25) is 0 Å². The molecule has 0 spiro atoms. The molecule has 0 aliphatic rings. The fourth-order valence-corrected chi connectivity index (χ4v) is 0.455. The molecule has 0 aromatic rings. The van der Waals surface area contributed by atoms with Crippen molar-refractivity contribution in [2.24, 2.45) is 5.73 Å². The van der Waals surface area contributed by atoms with Crippen molar-refractivity contribution in [2.75, 3.05) is 6.61 Å². The molecule has 5 nitrogen and oxygen atoms in total. The number of carbonyl (C=O) groups excluding carboxylic acids is 1. The summed E-state index contributed by atoms with van der Waals surface area (Å²) in [7, 11) is 0. The van der Waals surface area contributed by atoms with Crippen LogP contribution in [0.15, 0.2) is 0 Å². The monoisotopic (exact) mass is 159 g/mol. The Kier molecular flexibility index (Phi) is 4.89. The predicted molar refractivity (Wildman–Crippen MR) is 41.3 cm³/mol. The zero-order chi connectivity index (χ0) is 8.69. The Bertz CT molecular complexity index is 147. The van der Waals surface area contributed by atoms with Crippen molar-refractivity contribution in [2.45, 2.75) is 19.8 Å². The lowest BCUT2D eigenvalue weighted by Gasteiger charge is -2.03. The molecule has 11 heavy (non-hydrogen) atoms. The molecule has 0 rings (SSSR count). The molecule has 0 unspecified atom stereocenters. The summed E-state index contributed by atoms with van der Waals surface area (Å²) >= 11 is 0. The maximum absolute atomic E-state index is 10.6. The summed E-state index contributed by atoms with van der Waals surface area (Å²) in [5, 5.41) is 8.67. The molecule has 0 bridgehead atoms. The van der Waals surface area contributed by atoms with Crippen molar-refractivity contribution in [3.8, 4) is 0 Å². The van der Waals surface area contributed by atoms with E-state index in [-0.39, 0.29) is 0 Å². The molecule has 0 aromatic carbocycles. The van der Waals surface area contributed by atoms with Gasteiger partial charge in [0.1, 0.15) is 0 Å². The normalized spacial score (nSPS) is 8.82. The number of hydrogen-bond acceptors (Lipinski definition) is 3. The first-order chi connectivity index (χ1) is 5.16. The van der Waals surface area contributed by atoms with E-state index >= 15 is 0 Å². The van der Waals surface area contributed by atoms with E-state index < -0.39 is 12.1 Å². The van der Waals surface area contributed by atoms with Crippen LogP contribution in [0.25, 0.3) is 0 Å². The second-order valence-electron chi connectivity index (χ2n) is 2.03. The number of rotatable bonds is 3. The number of nitrogens with two attached hydrogens (primary N) is 1. The molecule has 5 heteroatoms. The Morgan fingerprint density at radius 3 is 2.82 bits per heavy atom. The molecule has 0 heterocycles. The highest BCUT2D eigenvalue weighted by Crippen LogP contribution is 1.87. The zero-order valence-electron chi connectivity index (χ0n) is 6.52. The van der Waals surface area contributed by atoms with Crippen molar-refractivity contribution in [1.29, 1.82) is 5.41 Å². The fourth-order valence-electron chi connectivity index (χ4n) is 0.455. The van der Waals surface area contributed by atoms with E-state index in [0.29, 0.717) is 6.61 Å². The second kappa shape index (κ2) is 5.52. The smallest absolute Gasteiger partial charge is 0.413 e. The predicted octanol–water partition coefficient (Wildman–Crippen LogP) is 0.406. The number of nitrogens with one attached hydrogen (secondary N) is 2. The minimum Gasteiger partial charge on any atom is -0.449 e. The summed E-state index contributed by atoms with van der Waals surface area (Å²) in [4.78, 5) is 10.6. The number of amides is 1. The van der Waals surface area contributed by atoms with Crippen LogP contribution in [0.3, 0.4) is 0 Å². The van der Waals surface area contributed by atoms with E-state index in [2.05, 4.69) is 4.74 Å². The number of hydrogen-bond donors (Lipinski definition) is 3. The van der Waals surface area contributed by atoms with Gasteiger partial charge in [-0.05, 0) is 6.42 Å². The van der Waals surface area contributed by atoms with Gasteiger partial charge in [-0.2, -0.15) is 0 Å². The molecule has 0 saturated carbocycles. The van der Waals surface area contributed by atoms with Crippen molar-refractivity contribution in [3.63, 3.8) is 0 Å². The Morgan fingerprint density at radius 1 is 1.73 bits per heavy atom. The van der Waals surface area contributed by atoms with Gasteiger partial charge in [-0.25, -0.2) is 4.79 Å². The lowest BCUT2D eigenvalue weighted by molar-refractivity contribution is 0.150. The van der Waals surface area contributed by atoms with Crippen LogP contribution >= 0.6 is 0 Å². The third-order valence-corrected chi connectivity index (χ3v) is 0.968. The first-order valence-corrected chi connectivity index (χ1v) is 3.44. The highest BCUT2D eigenvalue weighted by molar-refractivity contribution is 5.90. The SMILES string of the molecule is CCCCOC(=O)NC(=N)N. The largest absolute Gasteiger partial charge is 0.449 e. The molecule has 0 atom stereocenters. The summed E-state index contributed by atoms with van der Waals surface area (Å²) in [6, 6.07) is 0. The van der Waals surface area contributed by atoms with E-state index in [4.69, 9.17) is 11.1 Å². The van der Waals surface area contributed by atoms with Gasteiger partial charge < -0.3 is 10.5 Å². The molecular weight excluding hydrogens is 146 g/mol. The molecule has 4 N–H and O–H groups in total. The number of ether oxygens (including phenoxy) is 1. The summed E-state index contributed by atoms with van der Waals surface area (Å²) in [5.41, 5.74) is 4.87. The third kappa shape index (κ3) is 6.63. The van der Waals surface area contributed by atoms with Crippen LogP contribution in [0, 0.1) is 5.41 Å². The zero-order valence-corrected chi connectivity index (χ0v) is 6.52. The van der Waals surface area contributed by atoms with Gasteiger partial charge in [0, 0.05) is 0 Å². The third-order valence-electron chi connectivity index (χ3n) is 0.968. The number of guanidine groups is 1. The first kappa shape index (κ1) is 9.74. The Labute approximate surface area is 65.4 Å². The van der Waals surface area contributed by atoms with Gasteiger partial charge in [-0.15, -0.1) is 0 Å². The van der Waals surface area contributed by atoms with Gasteiger partial charge in [0.05, 0.1) is 6.61 Å². The number of unbranched alkanes of at least 4 members (excludes halogenated alkanes) is 1. The lowest BCUT2D eigenvalue weighted by atomic mass is 10.4. The average Bonchev–Trinajstić information content (AvgIpc) is 1.86. The van der Waals surface area contributed by atoms with Gasteiger partial charge in [0.25, 0.3) is 0 Å². The lowest BCUT2D eigenvalue weighted by Crippen LogP contribution is -2.36. The molecule has 64 valence electrons. The topological polar surface area (TPSA) is 88.2 Å². The summed E-state index contributed by atoms with van der Waals surface area (Å²) in [6.45, 7) is 2.36. The Hall–Kier alpha value is -1.26. The van der Waals surface area contributed by atoms with Gasteiger partial charge in [0.15, 0.2) is 5.96 Å². The van der Waals surface area contributed by atoms with Gasteiger partial charge in [0.2, 0.25) is 0 Å². The minimum absolute atomic E-state index is 0.371. The van der Waals surface area contributed by atoms with Gasteiger partial charge in [-0.1, -0.05) is 13.3 Å². The number of carbonyl (C=O) groups is 1. The van der Waals surface area contributed by atoms with Crippen LogP contribution in [0.1, 0.15) is 19.8 Å². The molecule has 0 aliphatic carbocycles. The molecule has 0 fully saturated rings. The average molecular weight is 159 g/mol. The van der Waals surface area contributed by atoms with Gasteiger partial charge >= 0.3 is 6.09 Å². The molecule has 0 radical (unpaired) electrons. The van der Waals surface area contributed by atoms with E-state index in [0.717, 1.165) is 12.8 Å². The summed E-state index contributed by atoms with van der Waals surface area (Å²) in [6.07, 6.45) is 1.13. The fraction of sp³-hybridized carbons (Fsp3) is 0.667. The van der Waals surface area contributed by atoms with Crippen LogP contribution in [0.5, 0.6) is 0 Å². The summed E-state index contributed by atoms with van der Waals surface area (Å²) < 4.78 is 4.62. The highest BCUT2D eigenvalue weighted by atomic mass is 16.5. The maximum atomic E-state index is 10.6. The quantitative estimate of drug-likeness (QED) is 0.316. The Morgan fingerprint density at radius 2 is 2.36 bits per heavy atom. The molecule has 0 aromatic heterocycles.